The molecule has 0 saturated carbocycles. The van der Waals surface area contributed by atoms with Gasteiger partial charge in [0.1, 0.15) is 11.6 Å². The van der Waals surface area contributed by atoms with Gasteiger partial charge in [0.25, 0.3) is 5.91 Å². The van der Waals surface area contributed by atoms with Gasteiger partial charge in [-0.25, -0.2) is 4.79 Å². The van der Waals surface area contributed by atoms with Crippen molar-refractivity contribution in [2.24, 2.45) is 0 Å². The molecule has 0 aromatic heterocycles. The average molecular weight is 338 g/mol. The van der Waals surface area contributed by atoms with Crippen LogP contribution in [0, 0.1) is 11.3 Å². The van der Waals surface area contributed by atoms with E-state index in [0.717, 1.165) is 10.5 Å². The molecular weight excluding hydrogens is 324 g/mol. The number of hydrogen-bond acceptors (Lipinski definition) is 4. The van der Waals surface area contributed by atoms with E-state index in [1.165, 1.54) is 30.3 Å². The van der Waals surface area contributed by atoms with E-state index in [0.29, 0.717) is 5.69 Å². The van der Waals surface area contributed by atoms with Crippen LogP contribution >= 0.6 is 11.8 Å². The molecule has 0 atom stereocenters. The Morgan fingerprint density at radius 1 is 1.12 bits per heavy atom. The maximum absolute atomic E-state index is 12.2. The van der Waals surface area contributed by atoms with E-state index in [4.69, 9.17) is 5.11 Å². The summed E-state index contributed by atoms with van der Waals surface area (Å²) in [7, 11) is 0. The largest absolute Gasteiger partial charge is 0.478 e. The maximum Gasteiger partial charge on any atom is 0.335 e. The Hall–Kier alpha value is -3.04. The number of hydrogen-bond donors (Lipinski definition) is 2. The lowest BCUT2D eigenvalue weighted by Gasteiger charge is -2.05. The molecule has 0 heterocycles. The maximum atomic E-state index is 12.2. The highest BCUT2D eigenvalue weighted by Gasteiger charge is 2.10. The van der Waals surface area contributed by atoms with Crippen LogP contribution in [0.5, 0.6) is 0 Å². The molecule has 24 heavy (non-hydrogen) atoms. The van der Waals surface area contributed by atoms with E-state index >= 15 is 0 Å². The van der Waals surface area contributed by atoms with Gasteiger partial charge >= 0.3 is 5.97 Å². The highest BCUT2D eigenvalue weighted by atomic mass is 32.2. The second kappa shape index (κ2) is 7.99. The smallest absolute Gasteiger partial charge is 0.335 e. The van der Waals surface area contributed by atoms with E-state index in [1.807, 2.05) is 36.6 Å². The monoisotopic (exact) mass is 338 g/mol. The molecule has 2 rings (SSSR count). The third-order valence-electron chi connectivity index (χ3n) is 3.18. The second-order valence-corrected chi connectivity index (χ2v) is 5.66. The number of nitriles is 1. The minimum atomic E-state index is -1.04. The summed E-state index contributed by atoms with van der Waals surface area (Å²) in [5.74, 6) is -1.59. The van der Waals surface area contributed by atoms with Crippen molar-refractivity contribution in [2.45, 2.75) is 4.90 Å². The number of carboxylic acid groups (broad SMARTS) is 1. The first-order valence-electron chi connectivity index (χ1n) is 6.94. The SMILES string of the molecule is CSc1ccc(/C=C(/C#N)C(=O)Nc2ccc(C(=O)O)cc2)cc1. The first-order valence-corrected chi connectivity index (χ1v) is 8.16. The Labute approximate surface area is 143 Å². The molecule has 0 bridgehead atoms. The number of aromatic carboxylic acids is 1. The van der Waals surface area contributed by atoms with Gasteiger partial charge in [0.15, 0.2) is 0 Å². The fraction of sp³-hybridized carbons (Fsp3) is 0.0556. The number of carbonyl (C=O) groups excluding carboxylic acids is 1. The molecule has 6 heteroatoms. The number of carboxylic acids is 1. The predicted octanol–water partition coefficient (Wildman–Crippen LogP) is 3.65. The number of carbonyl (C=O) groups is 2. The van der Waals surface area contributed by atoms with E-state index in [-0.39, 0.29) is 11.1 Å². The van der Waals surface area contributed by atoms with E-state index in [2.05, 4.69) is 5.32 Å². The number of amides is 1. The van der Waals surface area contributed by atoms with Crippen molar-refractivity contribution in [3.05, 3.63) is 65.2 Å². The summed E-state index contributed by atoms with van der Waals surface area (Å²) in [6.07, 6.45) is 3.47. The third kappa shape index (κ3) is 4.48. The zero-order valence-corrected chi connectivity index (χ0v) is 13.6. The van der Waals surface area contributed by atoms with Gasteiger partial charge in [0.2, 0.25) is 0 Å². The molecule has 0 spiro atoms. The molecule has 0 aliphatic carbocycles. The van der Waals surface area contributed by atoms with Crippen LogP contribution in [0.15, 0.2) is 59.0 Å². The molecule has 1 amide bonds. The summed E-state index contributed by atoms with van der Waals surface area (Å²) in [6.45, 7) is 0. The Bertz CT molecular complexity index is 819. The molecular formula is C18H14N2O3S. The molecule has 2 aromatic carbocycles. The van der Waals surface area contributed by atoms with Gasteiger partial charge in [-0.15, -0.1) is 11.8 Å². The van der Waals surface area contributed by atoms with Crippen LogP contribution in [0.2, 0.25) is 0 Å². The minimum absolute atomic E-state index is 0.0331. The standard InChI is InChI=1S/C18H14N2O3S/c1-24-16-8-2-12(3-9-16)10-14(11-19)17(21)20-15-6-4-13(5-7-15)18(22)23/h2-10H,1H3,(H,20,21)(H,22,23)/b14-10-. The van der Waals surface area contributed by atoms with Crippen molar-refractivity contribution in [1.82, 2.24) is 0 Å². The summed E-state index contributed by atoms with van der Waals surface area (Å²) in [4.78, 5) is 24.1. The molecule has 5 nitrogen and oxygen atoms in total. The normalized spacial score (nSPS) is 10.8. The molecule has 0 fully saturated rings. The van der Waals surface area contributed by atoms with Gasteiger partial charge in [-0.2, -0.15) is 5.26 Å². The number of anilines is 1. The highest BCUT2D eigenvalue weighted by molar-refractivity contribution is 7.98. The van der Waals surface area contributed by atoms with E-state index in [9.17, 15) is 14.9 Å². The van der Waals surface area contributed by atoms with E-state index in [1.54, 1.807) is 11.8 Å². The Kier molecular flexibility index (Phi) is 5.77. The topological polar surface area (TPSA) is 90.2 Å². The van der Waals surface area contributed by atoms with Crippen molar-refractivity contribution < 1.29 is 14.7 Å². The number of thioether (sulfide) groups is 1. The molecule has 0 unspecified atom stereocenters. The lowest BCUT2D eigenvalue weighted by atomic mass is 10.1. The quantitative estimate of drug-likeness (QED) is 0.493. The van der Waals surface area contributed by atoms with Gasteiger partial charge in [-0.1, -0.05) is 12.1 Å². The van der Waals surface area contributed by atoms with Crippen molar-refractivity contribution in [2.75, 3.05) is 11.6 Å². The molecule has 0 aliphatic heterocycles. The van der Waals surface area contributed by atoms with Crippen molar-refractivity contribution in [3.63, 3.8) is 0 Å². The zero-order chi connectivity index (χ0) is 17.5. The fourth-order valence-electron chi connectivity index (χ4n) is 1.91. The lowest BCUT2D eigenvalue weighted by Crippen LogP contribution is -2.13. The highest BCUT2D eigenvalue weighted by Crippen LogP contribution is 2.17. The number of rotatable bonds is 5. The van der Waals surface area contributed by atoms with Crippen LogP contribution < -0.4 is 5.32 Å². The molecule has 2 aromatic rings. The molecule has 0 radical (unpaired) electrons. The van der Waals surface area contributed by atoms with Gasteiger partial charge in [0.05, 0.1) is 5.56 Å². The van der Waals surface area contributed by atoms with Crippen molar-refractivity contribution in [1.29, 1.82) is 5.26 Å². The summed E-state index contributed by atoms with van der Waals surface area (Å²) in [5.41, 5.74) is 1.26. The summed E-state index contributed by atoms with van der Waals surface area (Å²) < 4.78 is 0. The van der Waals surface area contributed by atoms with Crippen molar-refractivity contribution >= 4 is 35.4 Å². The van der Waals surface area contributed by atoms with Crippen molar-refractivity contribution in [3.8, 4) is 6.07 Å². The summed E-state index contributed by atoms with van der Waals surface area (Å²) in [6, 6.07) is 15.1. The van der Waals surface area contributed by atoms with Gasteiger partial charge in [0, 0.05) is 10.6 Å². The van der Waals surface area contributed by atoms with Gasteiger partial charge < -0.3 is 10.4 Å². The van der Waals surface area contributed by atoms with Crippen LogP contribution in [-0.2, 0) is 4.79 Å². The molecule has 0 aliphatic rings. The Morgan fingerprint density at radius 3 is 2.25 bits per heavy atom. The number of benzene rings is 2. The van der Waals surface area contributed by atoms with Gasteiger partial charge in [-0.05, 0) is 54.3 Å². The van der Waals surface area contributed by atoms with Crippen LogP contribution in [0.1, 0.15) is 15.9 Å². The van der Waals surface area contributed by atoms with E-state index < -0.39 is 11.9 Å². The van der Waals surface area contributed by atoms with Crippen LogP contribution in [-0.4, -0.2) is 23.2 Å². The first-order chi connectivity index (χ1) is 11.5. The number of nitrogens with zero attached hydrogens (tertiary/aromatic N) is 1. The van der Waals surface area contributed by atoms with Crippen LogP contribution in [0.25, 0.3) is 6.08 Å². The predicted molar refractivity (Wildman–Crippen MR) is 93.8 cm³/mol. The summed E-state index contributed by atoms with van der Waals surface area (Å²) in [5, 5.41) is 20.6. The average Bonchev–Trinajstić information content (AvgIpc) is 2.60. The summed E-state index contributed by atoms with van der Waals surface area (Å²) >= 11 is 1.61. The second-order valence-electron chi connectivity index (χ2n) is 4.78. The Morgan fingerprint density at radius 2 is 1.75 bits per heavy atom. The Balaban J connectivity index is 2.14. The molecule has 120 valence electrons. The zero-order valence-electron chi connectivity index (χ0n) is 12.8. The van der Waals surface area contributed by atoms with Crippen LogP contribution in [0.3, 0.4) is 0 Å². The number of nitrogens with one attached hydrogen (secondary N) is 1. The minimum Gasteiger partial charge on any atom is -0.478 e. The fourth-order valence-corrected chi connectivity index (χ4v) is 2.32. The third-order valence-corrected chi connectivity index (χ3v) is 3.93. The lowest BCUT2D eigenvalue weighted by molar-refractivity contribution is -0.112. The molecule has 2 N–H and O–H groups in total. The van der Waals surface area contributed by atoms with Gasteiger partial charge in [-0.3, -0.25) is 4.79 Å². The molecule has 0 saturated heterocycles. The first kappa shape index (κ1) is 17.3. The van der Waals surface area contributed by atoms with Crippen LogP contribution in [0.4, 0.5) is 5.69 Å².